The summed E-state index contributed by atoms with van der Waals surface area (Å²) >= 11 is 1.66. The molecule has 2 aromatic carbocycles. The molecule has 3 aromatic rings. The highest BCUT2D eigenvalue weighted by molar-refractivity contribution is 7.99. The van der Waals surface area contributed by atoms with Crippen molar-refractivity contribution in [2.24, 2.45) is 0 Å². The predicted molar refractivity (Wildman–Crippen MR) is 119 cm³/mol. The van der Waals surface area contributed by atoms with Crippen LogP contribution in [0.5, 0.6) is 0 Å². The molecule has 0 aliphatic rings. The Morgan fingerprint density at radius 1 is 1.04 bits per heavy atom. The second kappa shape index (κ2) is 9.28. The quantitative estimate of drug-likeness (QED) is 0.346. The minimum absolute atomic E-state index is 0.0835. The molecule has 148 valence electrons. The van der Waals surface area contributed by atoms with Crippen molar-refractivity contribution in [1.82, 2.24) is 9.97 Å². The average molecular weight is 396 g/mol. The van der Waals surface area contributed by atoms with Crippen molar-refractivity contribution in [3.05, 3.63) is 53.6 Å². The van der Waals surface area contributed by atoms with Gasteiger partial charge in [0.15, 0.2) is 5.16 Å². The molecule has 0 radical (unpaired) electrons. The van der Waals surface area contributed by atoms with Gasteiger partial charge in [0, 0.05) is 17.9 Å². The number of carbonyl (C=O) groups is 1. The van der Waals surface area contributed by atoms with Crippen LogP contribution in [-0.2, 0) is 4.79 Å². The second-order valence-electron chi connectivity index (χ2n) is 7.68. The monoisotopic (exact) mass is 395 g/mol. The summed E-state index contributed by atoms with van der Waals surface area (Å²) in [6, 6.07) is 14.3. The molecule has 0 fully saturated rings. The van der Waals surface area contributed by atoms with Crippen LogP contribution in [0.25, 0.3) is 11.0 Å². The Bertz CT molecular complexity index is 887. The van der Waals surface area contributed by atoms with Crippen molar-refractivity contribution in [3.63, 3.8) is 0 Å². The molecule has 0 saturated carbocycles. The van der Waals surface area contributed by atoms with Gasteiger partial charge in [0.25, 0.3) is 0 Å². The predicted octanol–water partition coefficient (Wildman–Crippen LogP) is 6.32. The summed E-state index contributed by atoms with van der Waals surface area (Å²) in [6.45, 7) is 8.66. The van der Waals surface area contributed by atoms with Crippen LogP contribution in [0.4, 0.5) is 5.69 Å². The number of H-pyrrole nitrogens is 1. The maximum absolute atomic E-state index is 12.6. The number of thioether (sulfide) groups is 1. The molecule has 28 heavy (non-hydrogen) atoms. The van der Waals surface area contributed by atoms with E-state index >= 15 is 0 Å². The Morgan fingerprint density at radius 2 is 1.71 bits per heavy atom. The number of nitrogens with one attached hydrogen (secondary N) is 2. The molecular formula is C23H29N3OS. The number of nitrogens with zero attached hydrogens (tertiary/aromatic N) is 1. The molecule has 0 aliphatic heterocycles. The molecule has 1 amide bonds. The zero-order chi connectivity index (χ0) is 20.1. The Morgan fingerprint density at radius 3 is 2.36 bits per heavy atom. The lowest BCUT2D eigenvalue weighted by Crippen LogP contribution is -2.15. The lowest BCUT2D eigenvalue weighted by molar-refractivity contribution is -0.116. The molecule has 0 saturated heterocycles. The number of hydrogen-bond donors (Lipinski definition) is 2. The van der Waals surface area contributed by atoms with Gasteiger partial charge in [-0.05, 0) is 41.5 Å². The number of imidazole rings is 1. The number of anilines is 1. The highest BCUT2D eigenvalue weighted by Gasteiger charge is 2.15. The number of amides is 1. The largest absolute Gasteiger partial charge is 0.333 e. The first-order chi connectivity index (χ1) is 13.5. The Labute approximate surface area is 171 Å². The van der Waals surface area contributed by atoms with Gasteiger partial charge < -0.3 is 10.3 Å². The molecule has 1 aromatic heterocycles. The third kappa shape index (κ3) is 4.96. The third-order valence-electron chi connectivity index (χ3n) is 4.79. The van der Waals surface area contributed by atoms with Crippen LogP contribution in [0, 0.1) is 0 Å². The second-order valence-corrected chi connectivity index (χ2v) is 8.76. The van der Waals surface area contributed by atoms with Crippen molar-refractivity contribution in [2.75, 3.05) is 11.1 Å². The minimum atomic E-state index is 0.0835. The molecule has 5 heteroatoms. The standard InChI is InChI=1S/C23H29N3OS/c1-15(2)17-9-7-10-18(16(3)4)22(17)26-21(27)13-8-14-28-23-24-19-11-5-6-12-20(19)25-23/h5-7,9-12,15-16H,8,13-14H2,1-4H3,(H,24,25)(H,26,27). The highest BCUT2D eigenvalue weighted by atomic mass is 32.2. The summed E-state index contributed by atoms with van der Waals surface area (Å²) in [6.07, 6.45) is 1.32. The van der Waals surface area contributed by atoms with E-state index in [0.717, 1.165) is 34.1 Å². The van der Waals surface area contributed by atoms with E-state index < -0.39 is 0 Å². The number of aromatic amines is 1. The van der Waals surface area contributed by atoms with Gasteiger partial charge >= 0.3 is 0 Å². The fraction of sp³-hybridized carbons (Fsp3) is 0.391. The van der Waals surface area contributed by atoms with E-state index in [1.54, 1.807) is 11.8 Å². The number of hydrogen-bond acceptors (Lipinski definition) is 3. The lowest BCUT2D eigenvalue weighted by atomic mass is 9.92. The summed E-state index contributed by atoms with van der Waals surface area (Å²) in [5.41, 5.74) is 5.44. The van der Waals surface area contributed by atoms with Gasteiger partial charge in [0.05, 0.1) is 11.0 Å². The van der Waals surface area contributed by atoms with Crippen LogP contribution in [0.3, 0.4) is 0 Å². The topological polar surface area (TPSA) is 57.8 Å². The fourth-order valence-electron chi connectivity index (χ4n) is 3.30. The first-order valence-electron chi connectivity index (χ1n) is 9.96. The average Bonchev–Trinajstić information content (AvgIpc) is 3.08. The van der Waals surface area contributed by atoms with Crippen LogP contribution in [0.1, 0.15) is 63.5 Å². The number of rotatable bonds is 8. The smallest absolute Gasteiger partial charge is 0.224 e. The van der Waals surface area contributed by atoms with Crippen molar-refractivity contribution >= 4 is 34.4 Å². The normalized spacial score (nSPS) is 11.5. The Kier molecular flexibility index (Phi) is 6.79. The van der Waals surface area contributed by atoms with Gasteiger partial charge in [0.2, 0.25) is 5.91 Å². The van der Waals surface area contributed by atoms with Crippen molar-refractivity contribution < 1.29 is 4.79 Å². The third-order valence-corrected chi connectivity index (χ3v) is 5.75. The van der Waals surface area contributed by atoms with Crippen molar-refractivity contribution in [2.45, 2.75) is 57.5 Å². The molecule has 1 heterocycles. The number of benzene rings is 2. The summed E-state index contributed by atoms with van der Waals surface area (Å²) in [4.78, 5) is 20.5. The van der Waals surface area contributed by atoms with Gasteiger partial charge in [-0.2, -0.15) is 0 Å². The van der Waals surface area contributed by atoms with E-state index in [0.29, 0.717) is 18.3 Å². The van der Waals surface area contributed by atoms with Gasteiger partial charge in [-0.3, -0.25) is 4.79 Å². The molecule has 0 unspecified atom stereocenters. The highest BCUT2D eigenvalue weighted by Crippen LogP contribution is 2.32. The lowest BCUT2D eigenvalue weighted by Gasteiger charge is -2.20. The van der Waals surface area contributed by atoms with E-state index in [1.807, 2.05) is 24.3 Å². The zero-order valence-corrected chi connectivity index (χ0v) is 17.9. The summed E-state index contributed by atoms with van der Waals surface area (Å²) in [5, 5.41) is 4.10. The molecule has 0 aliphatic carbocycles. The first kappa shape index (κ1) is 20.5. The maximum Gasteiger partial charge on any atom is 0.224 e. The maximum atomic E-state index is 12.6. The van der Waals surface area contributed by atoms with Gasteiger partial charge in [0.1, 0.15) is 0 Å². The SMILES string of the molecule is CC(C)c1cccc(C(C)C)c1NC(=O)CCCSc1nc2ccccc2[nH]1. The van der Waals surface area contributed by atoms with Crippen LogP contribution >= 0.6 is 11.8 Å². The zero-order valence-electron chi connectivity index (χ0n) is 17.1. The molecule has 4 nitrogen and oxygen atoms in total. The van der Waals surface area contributed by atoms with E-state index in [2.05, 4.69) is 61.2 Å². The van der Waals surface area contributed by atoms with E-state index in [1.165, 1.54) is 11.1 Å². The Hall–Kier alpha value is -2.27. The number of para-hydroxylation sites is 3. The van der Waals surface area contributed by atoms with Crippen molar-refractivity contribution in [1.29, 1.82) is 0 Å². The molecule has 0 spiro atoms. The summed E-state index contributed by atoms with van der Waals surface area (Å²) in [5.74, 6) is 1.69. The molecule has 0 atom stereocenters. The van der Waals surface area contributed by atoms with Gasteiger partial charge in [-0.1, -0.05) is 69.8 Å². The van der Waals surface area contributed by atoms with Crippen molar-refractivity contribution in [3.8, 4) is 0 Å². The summed E-state index contributed by atoms with van der Waals surface area (Å²) < 4.78 is 0. The molecular weight excluding hydrogens is 366 g/mol. The van der Waals surface area contributed by atoms with E-state index in [4.69, 9.17) is 0 Å². The molecule has 3 rings (SSSR count). The van der Waals surface area contributed by atoms with Gasteiger partial charge in [-0.15, -0.1) is 0 Å². The molecule has 2 N–H and O–H groups in total. The number of aromatic nitrogens is 2. The fourth-order valence-corrected chi connectivity index (χ4v) is 4.12. The molecule has 0 bridgehead atoms. The van der Waals surface area contributed by atoms with E-state index in [9.17, 15) is 4.79 Å². The summed E-state index contributed by atoms with van der Waals surface area (Å²) in [7, 11) is 0. The van der Waals surface area contributed by atoms with Crippen LogP contribution in [0.2, 0.25) is 0 Å². The number of carbonyl (C=O) groups excluding carboxylic acids is 1. The minimum Gasteiger partial charge on any atom is -0.333 e. The van der Waals surface area contributed by atoms with Crippen LogP contribution in [-0.4, -0.2) is 21.6 Å². The van der Waals surface area contributed by atoms with Gasteiger partial charge in [-0.25, -0.2) is 4.98 Å². The van der Waals surface area contributed by atoms with Crippen LogP contribution < -0.4 is 5.32 Å². The number of fused-ring (bicyclic) bond motifs is 1. The first-order valence-corrected chi connectivity index (χ1v) is 10.9. The van der Waals surface area contributed by atoms with E-state index in [-0.39, 0.29) is 5.91 Å². The van der Waals surface area contributed by atoms with Crippen LogP contribution in [0.15, 0.2) is 47.6 Å². The Balaban J connectivity index is 1.56.